The fraction of sp³-hybridized carbons (Fsp3) is 0.562. The SMILES string of the molecule is CNC1(CC(=O)Cc2ccc(Br)cc2)CCCCC1. The van der Waals surface area contributed by atoms with E-state index in [1.165, 1.54) is 19.3 Å². The highest BCUT2D eigenvalue weighted by molar-refractivity contribution is 9.10. The van der Waals surface area contributed by atoms with Gasteiger partial charge in [-0.3, -0.25) is 4.79 Å². The average Bonchev–Trinajstić information content (AvgIpc) is 2.42. The Balaban J connectivity index is 1.94. The molecule has 2 nitrogen and oxygen atoms in total. The van der Waals surface area contributed by atoms with Gasteiger partial charge >= 0.3 is 0 Å². The monoisotopic (exact) mass is 323 g/mol. The first-order chi connectivity index (χ1) is 9.13. The summed E-state index contributed by atoms with van der Waals surface area (Å²) >= 11 is 3.42. The third kappa shape index (κ3) is 4.15. The van der Waals surface area contributed by atoms with Gasteiger partial charge < -0.3 is 5.32 Å². The number of carbonyl (C=O) groups is 1. The van der Waals surface area contributed by atoms with Crippen LogP contribution in [-0.2, 0) is 11.2 Å². The molecule has 3 heteroatoms. The summed E-state index contributed by atoms with van der Waals surface area (Å²) in [6, 6.07) is 8.04. The van der Waals surface area contributed by atoms with E-state index in [2.05, 4.69) is 21.2 Å². The fourth-order valence-electron chi connectivity index (χ4n) is 3.01. The maximum absolute atomic E-state index is 12.3. The van der Waals surface area contributed by atoms with E-state index in [9.17, 15) is 4.79 Å². The first-order valence-corrected chi connectivity index (χ1v) is 7.88. The van der Waals surface area contributed by atoms with E-state index in [4.69, 9.17) is 0 Å². The van der Waals surface area contributed by atoms with Crippen molar-refractivity contribution in [2.75, 3.05) is 7.05 Å². The van der Waals surface area contributed by atoms with Gasteiger partial charge in [-0.05, 0) is 37.6 Å². The summed E-state index contributed by atoms with van der Waals surface area (Å²) < 4.78 is 1.06. The van der Waals surface area contributed by atoms with Gasteiger partial charge in [0.2, 0.25) is 0 Å². The lowest BCUT2D eigenvalue weighted by atomic mass is 9.78. The Morgan fingerprint density at radius 2 is 1.84 bits per heavy atom. The Morgan fingerprint density at radius 3 is 2.42 bits per heavy atom. The molecule has 1 fully saturated rings. The van der Waals surface area contributed by atoms with Crippen molar-refractivity contribution in [1.82, 2.24) is 5.32 Å². The van der Waals surface area contributed by atoms with Crippen LogP contribution >= 0.6 is 15.9 Å². The van der Waals surface area contributed by atoms with Gasteiger partial charge in [0.15, 0.2) is 0 Å². The number of hydrogen-bond donors (Lipinski definition) is 1. The van der Waals surface area contributed by atoms with Gasteiger partial charge in [-0.15, -0.1) is 0 Å². The summed E-state index contributed by atoms with van der Waals surface area (Å²) in [6.07, 6.45) is 7.28. The van der Waals surface area contributed by atoms with Crippen LogP contribution in [0.15, 0.2) is 28.7 Å². The fourth-order valence-corrected chi connectivity index (χ4v) is 3.28. The summed E-state index contributed by atoms with van der Waals surface area (Å²) in [6.45, 7) is 0. The second kappa shape index (κ2) is 6.67. The second-order valence-corrected chi connectivity index (χ2v) is 6.53. The number of nitrogens with one attached hydrogen (secondary N) is 1. The maximum Gasteiger partial charge on any atom is 0.139 e. The number of hydrogen-bond acceptors (Lipinski definition) is 2. The minimum atomic E-state index is 0.0602. The Morgan fingerprint density at radius 1 is 1.21 bits per heavy atom. The van der Waals surface area contributed by atoms with Crippen LogP contribution in [0, 0.1) is 0 Å². The lowest BCUT2D eigenvalue weighted by molar-refractivity contribution is -0.120. The minimum Gasteiger partial charge on any atom is -0.314 e. The molecule has 0 heterocycles. The molecular weight excluding hydrogens is 302 g/mol. The number of halogens is 1. The molecule has 1 aliphatic rings. The molecule has 0 amide bonds. The maximum atomic E-state index is 12.3. The number of Topliss-reactive ketones (excluding diaryl/α,β-unsaturated/α-hetero) is 1. The molecule has 2 rings (SSSR count). The summed E-state index contributed by atoms with van der Waals surface area (Å²) in [5.41, 5.74) is 1.17. The summed E-state index contributed by atoms with van der Waals surface area (Å²) in [5.74, 6) is 0.346. The van der Waals surface area contributed by atoms with Crippen molar-refractivity contribution in [2.45, 2.75) is 50.5 Å². The Bertz CT molecular complexity index is 421. The standard InChI is InChI=1S/C16H22BrNO/c1-18-16(9-3-2-4-10-16)12-15(19)11-13-5-7-14(17)8-6-13/h5-8,18H,2-4,9-12H2,1H3. The number of carbonyl (C=O) groups excluding carboxylic acids is 1. The van der Waals surface area contributed by atoms with Crippen molar-refractivity contribution in [2.24, 2.45) is 0 Å². The zero-order valence-electron chi connectivity index (χ0n) is 11.5. The average molecular weight is 324 g/mol. The zero-order valence-corrected chi connectivity index (χ0v) is 13.1. The molecule has 0 spiro atoms. The Labute approximate surface area is 124 Å². The smallest absolute Gasteiger partial charge is 0.139 e. The van der Waals surface area contributed by atoms with Gasteiger partial charge in [0.25, 0.3) is 0 Å². The van der Waals surface area contributed by atoms with Crippen LogP contribution < -0.4 is 5.32 Å². The van der Waals surface area contributed by atoms with E-state index in [0.717, 1.165) is 22.9 Å². The molecule has 0 atom stereocenters. The predicted molar refractivity (Wildman–Crippen MR) is 82.3 cm³/mol. The number of benzene rings is 1. The van der Waals surface area contributed by atoms with E-state index in [0.29, 0.717) is 18.6 Å². The summed E-state index contributed by atoms with van der Waals surface area (Å²) in [5, 5.41) is 3.41. The van der Waals surface area contributed by atoms with E-state index in [1.54, 1.807) is 0 Å². The van der Waals surface area contributed by atoms with Crippen LogP contribution in [0.4, 0.5) is 0 Å². The summed E-state index contributed by atoms with van der Waals surface area (Å²) in [7, 11) is 2.00. The third-order valence-corrected chi connectivity index (χ3v) is 4.72. The van der Waals surface area contributed by atoms with Crippen LogP contribution in [-0.4, -0.2) is 18.4 Å². The molecule has 0 radical (unpaired) electrons. The largest absolute Gasteiger partial charge is 0.314 e. The molecule has 19 heavy (non-hydrogen) atoms. The third-order valence-electron chi connectivity index (χ3n) is 4.19. The van der Waals surface area contributed by atoms with Gasteiger partial charge in [-0.2, -0.15) is 0 Å². The highest BCUT2D eigenvalue weighted by Crippen LogP contribution is 2.31. The lowest BCUT2D eigenvalue weighted by Crippen LogP contribution is -2.46. The highest BCUT2D eigenvalue weighted by atomic mass is 79.9. The van der Waals surface area contributed by atoms with E-state index in [1.807, 2.05) is 31.3 Å². The molecule has 1 aromatic rings. The van der Waals surface area contributed by atoms with Gasteiger partial charge in [-0.1, -0.05) is 47.3 Å². The van der Waals surface area contributed by atoms with Crippen molar-refractivity contribution >= 4 is 21.7 Å². The van der Waals surface area contributed by atoms with Crippen molar-refractivity contribution < 1.29 is 4.79 Å². The molecule has 1 saturated carbocycles. The molecule has 0 aromatic heterocycles. The molecule has 1 aliphatic carbocycles. The summed E-state index contributed by atoms with van der Waals surface area (Å²) in [4.78, 5) is 12.3. The van der Waals surface area contributed by atoms with E-state index in [-0.39, 0.29) is 5.54 Å². The van der Waals surface area contributed by atoms with Crippen molar-refractivity contribution in [1.29, 1.82) is 0 Å². The van der Waals surface area contributed by atoms with Crippen molar-refractivity contribution in [3.63, 3.8) is 0 Å². The lowest BCUT2D eigenvalue weighted by Gasteiger charge is -2.36. The first kappa shape index (κ1) is 14.7. The Kier molecular flexibility index (Phi) is 5.17. The molecule has 104 valence electrons. The van der Waals surface area contributed by atoms with E-state index >= 15 is 0 Å². The van der Waals surface area contributed by atoms with Gasteiger partial charge in [0.05, 0.1) is 0 Å². The quantitative estimate of drug-likeness (QED) is 0.891. The number of rotatable bonds is 5. The van der Waals surface area contributed by atoms with Crippen molar-refractivity contribution in [3.05, 3.63) is 34.3 Å². The molecule has 0 saturated heterocycles. The van der Waals surface area contributed by atoms with Crippen molar-refractivity contribution in [3.8, 4) is 0 Å². The highest BCUT2D eigenvalue weighted by Gasteiger charge is 2.32. The molecule has 1 N–H and O–H groups in total. The van der Waals surface area contributed by atoms with Crippen LogP contribution in [0.5, 0.6) is 0 Å². The van der Waals surface area contributed by atoms with Crippen LogP contribution in [0.2, 0.25) is 0 Å². The zero-order chi connectivity index (χ0) is 13.7. The molecular formula is C16H22BrNO. The molecule has 0 unspecified atom stereocenters. The van der Waals surface area contributed by atoms with Gasteiger partial charge in [-0.25, -0.2) is 0 Å². The molecule has 1 aromatic carbocycles. The molecule has 0 aliphatic heterocycles. The Hall–Kier alpha value is -0.670. The van der Waals surface area contributed by atoms with Gasteiger partial charge in [0, 0.05) is 22.9 Å². The normalized spacial score (nSPS) is 18.2. The second-order valence-electron chi connectivity index (χ2n) is 5.61. The van der Waals surface area contributed by atoms with Crippen LogP contribution in [0.3, 0.4) is 0 Å². The molecule has 0 bridgehead atoms. The van der Waals surface area contributed by atoms with Gasteiger partial charge in [0.1, 0.15) is 5.78 Å². The van der Waals surface area contributed by atoms with Crippen LogP contribution in [0.1, 0.15) is 44.1 Å². The van der Waals surface area contributed by atoms with Crippen LogP contribution in [0.25, 0.3) is 0 Å². The topological polar surface area (TPSA) is 29.1 Å². The van der Waals surface area contributed by atoms with E-state index < -0.39 is 0 Å². The minimum absolute atomic E-state index is 0.0602. The first-order valence-electron chi connectivity index (χ1n) is 7.09. The number of ketones is 1. The predicted octanol–water partition coefficient (Wildman–Crippen LogP) is 3.87.